The van der Waals surface area contributed by atoms with Gasteiger partial charge in [-0.3, -0.25) is 9.36 Å². The highest BCUT2D eigenvalue weighted by Gasteiger charge is 2.29. The second kappa shape index (κ2) is 11.9. The number of carbonyl (C=O) groups is 2. The van der Waals surface area contributed by atoms with E-state index in [-0.39, 0.29) is 17.4 Å². The average molecular weight is 549 g/mol. The molecule has 0 spiro atoms. The van der Waals surface area contributed by atoms with E-state index in [4.69, 9.17) is 4.74 Å². The molecule has 4 rings (SSSR count). The van der Waals surface area contributed by atoms with Crippen LogP contribution in [0, 0.1) is 5.92 Å². The van der Waals surface area contributed by atoms with Crippen molar-refractivity contribution in [3.05, 3.63) is 52.9 Å². The number of thioether (sulfide) groups is 1. The minimum absolute atomic E-state index is 0.0377. The fourth-order valence-corrected chi connectivity index (χ4v) is 6.30. The minimum Gasteiger partial charge on any atom is -0.465 e. The van der Waals surface area contributed by atoms with E-state index in [1.807, 2.05) is 0 Å². The number of amides is 1. The van der Waals surface area contributed by atoms with Crippen molar-refractivity contribution < 1.29 is 27.8 Å². The summed E-state index contributed by atoms with van der Waals surface area (Å²) in [5, 5.41) is 12.3. The summed E-state index contributed by atoms with van der Waals surface area (Å²) >= 11 is 2.62. The van der Waals surface area contributed by atoms with Gasteiger partial charge in [0.15, 0.2) is 11.0 Å². The smallest absolute Gasteiger partial charge is 0.387 e. The highest BCUT2D eigenvalue weighted by atomic mass is 32.2. The number of benzene rings is 1. The number of carbonyl (C=O) groups excluding carboxylic acids is 2. The Morgan fingerprint density at radius 1 is 1.32 bits per heavy atom. The van der Waals surface area contributed by atoms with Gasteiger partial charge in [-0.2, -0.15) is 8.78 Å². The zero-order chi connectivity index (χ0) is 26.5. The minimum atomic E-state index is -2.91. The molecule has 0 saturated carbocycles. The Hall–Kier alpha value is -3.25. The van der Waals surface area contributed by atoms with E-state index < -0.39 is 12.6 Å². The molecule has 196 valence electrons. The highest BCUT2D eigenvalue weighted by molar-refractivity contribution is 7.99. The number of hydrogen-bond donors (Lipinski definition) is 1. The van der Waals surface area contributed by atoms with Crippen molar-refractivity contribution in [2.24, 2.45) is 5.92 Å². The van der Waals surface area contributed by atoms with E-state index in [1.54, 1.807) is 22.8 Å². The first-order valence-corrected chi connectivity index (χ1v) is 13.4. The maximum atomic E-state index is 12.9. The third kappa shape index (κ3) is 6.19. The van der Waals surface area contributed by atoms with Crippen LogP contribution in [-0.2, 0) is 28.9 Å². The number of ether oxygens (including phenoxy) is 2. The van der Waals surface area contributed by atoms with Crippen LogP contribution in [0.5, 0.6) is 5.75 Å². The molecule has 2 aromatic heterocycles. The summed E-state index contributed by atoms with van der Waals surface area (Å²) < 4.78 is 36.0. The first kappa shape index (κ1) is 26.8. The van der Waals surface area contributed by atoms with Crippen molar-refractivity contribution >= 4 is 40.0 Å². The topological polar surface area (TPSA) is 95.3 Å². The number of nitrogens with zero attached hydrogens (tertiary/aromatic N) is 3. The third-order valence-electron chi connectivity index (χ3n) is 5.85. The van der Waals surface area contributed by atoms with Gasteiger partial charge in [0, 0.05) is 17.0 Å². The number of halogens is 2. The molecule has 0 bridgehead atoms. The maximum absolute atomic E-state index is 12.9. The lowest BCUT2D eigenvalue weighted by Gasteiger charge is -2.18. The number of anilines is 1. The van der Waals surface area contributed by atoms with Gasteiger partial charge in [0.1, 0.15) is 10.8 Å². The van der Waals surface area contributed by atoms with Gasteiger partial charge in [-0.1, -0.05) is 24.8 Å². The molecule has 1 aliphatic carbocycles. The summed E-state index contributed by atoms with van der Waals surface area (Å²) in [6.07, 6.45) is 4.31. The molecule has 3 aromatic rings. The van der Waals surface area contributed by atoms with Crippen LogP contribution in [0.4, 0.5) is 13.8 Å². The Morgan fingerprint density at radius 2 is 2.08 bits per heavy atom. The fourth-order valence-electron chi connectivity index (χ4n) is 4.14. The van der Waals surface area contributed by atoms with Crippen molar-refractivity contribution in [1.29, 1.82) is 0 Å². The number of nitrogens with one attached hydrogen (secondary N) is 1. The quantitative estimate of drug-likeness (QED) is 0.205. The molecule has 1 aromatic carbocycles. The van der Waals surface area contributed by atoms with Crippen molar-refractivity contribution in [1.82, 2.24) is 14.8 Å². The number of allylic oxidation sites excluding steroid dienone is 1. The first-order chi connectivity index (χ1) is 17.8. The van der Waals surface area contributed by atoms with E-state index >= 15 is 0 Å². The largest absolute Gasteiger partial charge is 0.465 e. The first-order valence-electron chi connectivity index (χ1n) is 11.6. The SMILES string of the molecule is C=CCn1c(SCC(=O)Nc2sc3c(c2C(=O)OC)CCC(C)C3)nnc1-c1ccc(OC(F)F)cc1. The Balaban J connectivity index is 1.48. The molecule has 37 heavy (non-hydrogen) atoms. The Kier molecular flexibility index (Phi) is 8.59. The van der Waals surface area contributed by atoms with Gasteiger partial charge in [0.05, 0.1) is 18.4 Å². The molecule has 8 nitrogen and oxygen atoms in total. The second-order valence-corrected chi connectivity index (χ2v) is 10.5. The van der Waals surface area contributed by atoms with Gasteiger partial charge in [-0.15, -0.1) is 28.1 Å². The van der Waals surface area contributed by atoms with E-state index in [9.17, 15) is 18.4 Å². The molecular weight excluding hydrogens is 522 g/mol. The van der Waals surface area contributed by atoms with E-state index in [0.717, 1.165) is 29.7 Å². The summed E-state index contributed by atoms with van der Waals surface area (Å²) in [6, 6.07) is 6.07. The summed E-state index contributed by atoms with van der Waals surface area (Å²) in [5.74, 6) is 0.362. The molecule has 1 N–H and O–H groups in total. The van der Waals surface area contributed by atoms with Crippen LogP contribution in [0.25, 0.3) is 11.4 Å². The maximum Gasteiger partial charge on any atom is 0.387 e. The van der Waals surface area contributed by atoms with E-state index in [2.05, 4.69) is 33.8 Å². The number of alkyl halides is 2. The molecule has 1 amide bonds. The zero-order valence-electron chi connectivity index (χ0n) is 20.3. The second-order valence-electron chi connectivity index (χ2n) is 8.49. The van der Waals surface area contributed by atoms with Crippen molar-refractivity contribution in [3.63, 3.8) is 0 Å². The van der Waals surface area contributed by atoms with Gasteiger partial charge in [0.2, 0.25) is 5.91 Å². The van der Waals surface area contributed by atoms with Crippen LogP contribution in [0.1, 0.15) is 34.1 Å². The van der Waals surface area contributed by atoms with E-state index in [0.29, 0.717) is 39.6 Å². The number of esters is 1. The lowest BCUT2D eigenvalue weighted by molar-refractivity contribution is -0.113. The van der Waals surface area contributed by atoms with Gasteiger partial charge >= 0.3 is 12.6 Å². The summed E-state index contributed by atoms with van der Waals surface area (Å²) in [7, 11) is 1.34. The van der Waals surface area contributed by atoms with Crippen LogP contribution in [0.15, 0.2) is 42.1 Å². The van der Waals surface area contributed by atoms with Gasteiger partial charge < -0.3 is 14.8 Å². The van der Waals surface area contributed by atoms with Crippen molar-refractivity contribution in [2.45, 2.75) is 44.5 Å². The Labute approximate surface area is 221 Å². The number of methoxy groups -OCH3 is 1. The summed E-state index contributed by atoms with van der Waals surface area (Å²) in [5.41, 5.74) is 2.07. The van der Waals surface area contributed by atoms with Crippen LogP contribution in [0.2, 0.25) is 0 Å². The van der Waals surface area contributed by atoms with Gasteiger partial charge in [-0.05, 0) is 55.0 Å². The number of hydrogen-bond acceptors (Lipinski definition) is 8. The van der Waals surface area contributed by atoms with Crippen molar-refractivity contribution in [3.8, 4) is 17.1 Å². The summed E-state index contributed by atoms with van der Waals surface area (Å²) in [6.45, 7) is 3.42. The number of fused-ring (bicyclic) bond motifs is 1. The molecule has 1 unspecified atom stereocenters. The normalized spacial score (nSPS) is 14.8. The van der Waals surface area contributed by atoms with Crippen LogP contribution in [0.3, 0.4) is 0 Å². The summed E-state index contributed by atoms with van der Waals surface area (Å²) in [4.78, 5) is 26.5. The molecule has 0 radical (unpaired) electrons. The fraction of sp³-hybridized carbons (Fsp3) is 0.360. The highest BCUT2D eigenvalue weighted by Crippen LogP contribution is 2.40. The molecule has 12 heteroatoms. The Bertz CT molecular complexity index is 1290. The van der Waals surface area contributed by atoms with Crippen LogP contribution in [-0.4, -0.2) is 46.1 Å². The van der Waals surface area contributed by atoms with Crippen LogP contribution >= 0.6 is 23.1 Å². The average Bonchev–Trinajstić information content (AvgIpc) is 3.43. The molecular formula is C25H26F2N4O4S2. The van der Waals surface area contributed by atoms with Crippen LogP contribution < -0.4 is 10.1 Å². The monoisotopic (exact) mass is 548 g/mol. The van der Waals surface area contributed by atoms with E-state index in [1.165, 1.54) is 42.3 Å². The Morgan fingerprint density at radius 3 is 2.76 bits per heavy atom. The van der Waals surface area contributed by atoms with Gasteiger partial charge in [0.25, 0.3) is 0 Å². The predicted octanol–water partition coefficient (Wildman–Crippen LogP) is 5.44. The molecule has 0 aliphatic heterocycles. The molecule has 0 saturated heterocycles. The number of rotatable bonds is 10. The molecule has 0 fully saturated rings. The van der Waals surface area contributed by atoms with Crippen molar-refractivity contribution in [2.75, 3.05) is 18.2 Å². The van der Waals surface area contributed by atoms with Gasteiger partial charge in [-0.25, -0.2) is 4.79 Å². The molecule has 2 heterocycles. The standard InChI is InChI=1S/C25H26F2N4O4S2/c1-4-11-31-21(15-6-8-16(9-7-15)35-24(26)27)29-30-25(31)36-13-19(32)28-22-20(23(33)34-3)17-10-5-14(2)12-18(17)37-22/h4,6-9,14,24H,1,5,10-13H2,2-3H3,(H,28,32). The molecule has 1 aliphatic rings. The molecule has 1 atom stereocenters. The predicted molar refractivity (Wildman–Crippen MR) is 138 cm³/mol. The number of thiophene rings is 1. The third-order valence-corrected chi connectivity index (χ3v) is 7.99. The zero-order valence-corrected chi connectivity index (χ0v) is 22.0. The lowest BCUT2D eigenvalue weighted by atomic mass is 9.88. The number of aromatic nitrogens is 3. The lowest BCUT2D eigenvalue weighted by Crippen LogP contribution is -2.17.